The monoisotopic (exact) mass is 641 g/mol. The maximum absolute atomic E-state index is 14.6. The van der Waals surface area contributed by atoms with Crippen LogP contribution in [0, 0.1) is 13.8 Å². The predicted molar refractivity (Wildman–Crippen MR) is 182 cm³/mol. The number of methoxy groups -OCH3 is 1. The van der Waals surface area contributed by atoms with Crippen molar-refractivity contribution in [2.75, 3.05) is 18.0 Å². The zero-order chi connectivity index (χ0) is 33.3. The van der Waals surface area contributed by atoms with E-state index in [4.69, 9.17) is 4.74 Å². The van der Waals surface area contributed by atoms with Gasteiger partial charge in [0.25, 0.3) is 10.0 Å². The minimum atomic E-state index is -4.20. The van der Waals surface area contributed by atoms with Crippen LogP contribution in [-0.4, -0.2) is 50.9 Å². The molecule has 4 aromatic carbocycles. The largest absolute Gasteiger partial charge is 0.497 e. The topological polar surface area (TPSA) is 96.0 Å². The average molecular weight is 642 g/mol. The van der Waals surface area contributed by atoms with Gasteiger partial charge in [0.05, 0.1) is 17.7 Å². The van der Waals surface area contributed by atoms with Crippen LogP contribution in [0.1, 0.15) is 42.5 Å². The fraction of sp³-hybridized carbons (Fsp3) is 0.297. The molecular formula is C37H43N3O5S. The molecule has 9 heteroatoms. The van der Waals surface area contributed by atoms with Crippen molar-refractivity contribution >= 4 is 27.5 Å². The summed E-state index contributed by atoms with van der Waals surface area (Å²) < 4.78 is 35.0. The second-order valence-electron chi connectivity index (χ2n) is 11.5. The average Bonchev–Trinajstić information content (AvgIpc) is 3.06. The number of nitrogens with zero attached hydrogens (tertiary/aromatic N) is 2. The number of benzene rings is 4. The number of ether oxygens (including phenoxy) is 1. The standard InChI is InChI=1S/C37H43N3O5S/c1-6-29(4)38-37(42)35(23-30-14-8-7-9-15-30)39(25-31-16-11-10-13-28(31)3)36(41)26-40(32-17-12-18-33(24-32)45-5)46(43,44)34-21-19-27(2)20-22-34/h7-22,24,29,35H,6,23,25-26H2,1-5H3,(H,38,42)/t29-,35+/m0/s1. The van der Waals surface area contributed by atoms with Crippen LogP contribution in [-0.2, 0) is 32.6 Å². The molecule has 0 spiro atoms. The Balaban J connectivity index is 1.83. The van der Waals surface area contributed by atoms with Crippen LogP contribution in [0.2, 0.25) is 0 Å². The van der Waals surface area contributed by atoms with E-state index >= 15 is 0 Å². The fourth-order valence-corrected chi connectivity index (χ4v) is 6.50. The Bertz CT molecular complexity index is 1730. The van der Waals surface area contributed by atoms with E-state index in [0.29, 0.717) is 12.2 Å². The molecule has 242 valence electrons. The van der Waals surface area contributed by atoms with Gasteiger partial charge in [-0.15, -0.1) is 0 Å². The summed E-state index contributed by atoms with van der Waals surface area (Å²) in [4.78, 5) is 30.2. The van der Waals surface area contributed by atoms with Crippen molar-refractivity contribution in [1.29, 1.82) is 0 Å². The first kappa shape index (κ1) is 34.2. The Kier molecular flexibility index (Phi) is 11.6. The van der Waals surface area contributed by atoms with Gasteiger partial charge in [-0.1, -0.05) is 85.3 Å². The highest BCUT2D eigenvalue weighted by Crippen LogP contribution is 2.28. The number of hydrogen-bond donors (Lipinski definition) is 1. The second kappa shape index (κ2) is 15.6. The molecule has 0 bridgehead atoms. The van der Waals surface area contributed by atoms with Crippen LogP contribution in [0.4, 0.5) is 5.69 Å². The summed E-state index contributed by atoms with van der Waals surface area (Å²) in [6, 6.07) is 29.3. The maximum Gasteiger partial charge on any atom is 0.264 e. The molecule has 4 rings (SSSR count). The SMILES string of the molecule is CC[C@H](C)NC(=O)[C@@H](Cc1ccccc1)N(Cc1ccccc1C)C(=O)CN(c1cccc(OC)c1)S(=O)(=O)c1ccc(C)cc1. The normalized spacial score (nSPS) is 12.5. The molecule has 4 aromatic rings. The molecule has 1 N–H and O–H groups in total. The Morgan fingerprint density at radius 2 is 1.54 bits per heavy atom. The number of anilines is 1. The van der Waals surface area contributed by atoms with Gasteiger partial charge in [-0.3, -0.25) is 13.9 Å². The third kappa shape index (κ3) is 8.54. The lowest BCUT2D eigenvalue weighted by atomic mass is 10.0. The van der Waals surface area contributed by atoms with Crippen LogP contribution in [0.3, 0.4) is 0 Å². The van der Waals surface area contributed by atoms with Gasteiger partial charge in [0.1, 0.15) is 18.3 Å². The lowest BCUT2D eigenvalue weighted by Crippen LogP contribution is -2.54. The molecule has 8 nitrogen and oxygen atoms in total. The summed E-state index contributed by atoms with van der Waals surface area (Å²) in [5.74, 6) is -0.364. The van der Waals surface area contributed by atoms with E-state index in [-0.39, 0.29) is 35.5 Å². The molecule has 0 radical (unpaired) electrons. The first-order chi connectivity index (χ1) is 22.0. The maximum atomic E-state index is 14.6. The Labute approximate surface area is 273 Å². The number of aryl methyl sites for hydroxylation is 2. The summed E-state index contributed by atoms with van der Waals surface area (Å²) in [5, 5.41) is 3.07. The molecule has 0 unspecified atom stereocenters. The van der Waals surface area contributed by atoms with Gasteiger partial charge in [-0.05, 0) is 68.1 Å². The zero-order valence-electron chi connectivity index (χ0n) is 27.1. The Morgan fingerprint density at radius 3 is 2.20 bits per heavy atom. The third-order valence-corrected chi connectivity index (χ3v) is 9.89. The first-order valence-electron chi connectivity index (χ1n) is 15.4. The van der Waals surface area contributed by atoms with Crippen molar-refractivity contribution in [3.8, 4) is 5.75 Å². The predicted octanol–water partition coefficient (Wildman–Crippen LogP) is 6.06. The van der Waals surface area contributed by atoms with Crippen molar-refractivity contribution in [3.05, 3.63) is 125 Å². The summed E-state index contributed by atoms with van der Waals surface area (Å²) in [6.45, 7) is 7.32. The van der Waals surface area contributed by atoms with Crippen LogP contribution in [0.15, 0.2) is 108 Å². The molecule has 0 fully saturated rings. The smallest absolute Gasteiger partial charge is 0.264 e. The van der Waals surface area contributed by atoms with Gasteiger partial charge in [-0.2, -0.15) is 0 Å². The Hall–Kier alpha value is -4.63. The Morgan fingerprint density at radius 1 is 0.870 bits per heavy atom. The highest BCUT2D eigenvalue weighted by atomic mass is 32.2. The van der Waals surface area contributed by atoms with Crippen LogP contribution < -0.4 is 14.4 Å². The van der Waals surface area contributed by atoms with E-state index in [9.17, 15) is 18.0 Å². The molecule has 46 heavy (non-hydrogen) atoms. The van der Waals surface area contributed by atoms with Crippen molar-refractivity contribution < 1.29 is 22.7 Å². The number of rotatable bonds is 14. The molecule has 0 aliphatic heterocycles. The quantitative estimate of drug-likeness (QED) is 0.181. The van der Waals surface area contributed by atoms with Crippen LogP contribution in [0.25, 0.3) is 0 Å². The van der Waals surface area contributed by atoms with Gasteiger partial charge >= 0.3 is 0 Å². The van der Waals surface area contributed by atoms with E-state index < -0.39 is 28.5 Å². The lowest BCUT2D eigenvalue weighted by Gasteiger charge is -2.34. The molecule has 0 aliphatic carbocycles. The highest BCUT2D eigenvalue weighted by Gasteiger charge is 2.35. The number of hydrogen-bond acceptors (Lipinski definition) is 5. The minimum Gasteiger partial charge on any atom is -0.497 e. The molecule has 2 atom stereocenters. The molecule has 2 amide bonds. The second-order valence-corrected chi connectivity index (χ2v) is 13.4. The molecule has 0 saturated carbocycles. The highest BCUT2D eigenvalue weighted by molar-refractivity contribution is 7.92. The van der Waals surface area contributed by atoms with Gasteiger partial charge in [-0.25, -0.2) is 8.42 Å². The van der Waals surface area contributed by atoms with E-state index in [1.165, 1.54) is 24.1 Å². The van der Waals surface area contributed by atoms with Crippen LogP contribution >= 0.6 is 0 Å². The zero-order valence-corrected chi connectivity index (χ0v) is 28.0. The van der Waals surface area contributed by atoms with E-state index in [1.54, 1.807) is 36.4 Å². The van der Waals surface area contributed by atoms with Crippen LogP contribution in [0.5, 0.6) is 5.75 Å². The van der Waals surface area contributed by atoms with Crippen molar-refractivity contribution in [3.63, 3.8) is 0 Å². The number of nitrogens with one attached hydrogen (secondary N) is 1. The molecule has 0 saturated heterocycles. The number of carbonyl (C=O) groups excluding carboxylic acids is 2. The summed E-state index contributed by atoms with van der Waals surface area (Å²) in [7, 11) is -2.71. The van der Waals surface area contributed by atoms with E-state index in [2.05, 4.69) is 5.32 Å². The first-order valence-corrected chi connectivity index (χ1v) is 16.9. The third-order valence-electron chi connectivity index (χ3n) is 8.10. The molecule has 0 heterocycles. The molecule has 0 aromatic heterocycles. The molecular weight excluding hydrogens is 598 g/mol. The van der Waals surface area contributed by atoms with Gasteiger partial charge < -0.3 is 15.0 Å². The number of carbonyl (C=O) groups is 2. The number of amides is 2. The number of sulfonamides is 1. The lowest BCUT2D eigenvalue weighted by molar-refractivity contribution is -0.140. The van der Waals surface area contributed by atoms with Gasteiger partial charge in [0.15, 0.2) is 0 Å². The molecule has 0 aliphatic rings. The summed E-state index contributed by atoms with van der Waals surface area (Å²) in [5.41, 5.74) is 3.88. The van der Waals surface area contributed by atoms with Gasteiger partial charge in [0.2, 0.25) is 11.8 Å². The fourth-order valence-electron chi connectivity index (χ4n) is 5.10. The van der Waals surface area contributed by atoms with Crippen molar-refractivity contribution in [2.24, 2.45) is 0 Å². The van der Waals surface area contributed by atoms with Crippen molar-refractivity contribution in [2.45, 2.75) is 64.1 Å². The summed E-state index contributed by atoms with van der Waals surface area (Å²) >= 11 is 0. The summed E-state index contributed by atoms with van der Waals surface area (Å²) in [6.07, 6.45) is 0.971. The van der Waals surface area contributed by atoms with Gasteiger partial charge in [0, 0.05) is 25.1 Å². The minimum absolute atomic E-state index is 0.0505. The van der Waals surface area contributed by atoms with E-state index in [1.807, 2.05) is 82.3 Å². The van der Waals surface area contributed by atoms with E-state index in [0.717, 1.165) is 26.6 Å². The van der Waals surface area contributed by atoms with Crippen molar-refractivity contribution in [1.82, 2.24) is 10.2 Å².